The minimum absolute atomic E-state index is 0.0429. The maximum absolute atomic E-state index is 5.50. The van der Waals surface area contributed by atoms with Crippen molar-refractivity contribution in [2.24, 2.45) is 5.84 Å². The summed E-state index contributed by atoms with van der Waals surface area (Å²) in [5.74, 6) is 5.50. The number of nitrogens with two attached hydrogens (primary N) is 1. The lowest BCUT2D eigenvalue weighted by atomic mass is 10.1. The number of thiophene rings is 1. The summed E-state index contributed by atoms with van der Waals surface area (Å²) in [6.45, 7) is 2.07. The van der Waals surface area contributed by atoms with Crippen LogP contribution in [0.15, 0.2) is 17.6 Å². The first-order valence-electron chi connectivity index (χ1n) is 4.10. The molecule has 0 saturated heterocycles. The van der Waals surface area contributed by atoms with Gasteiger partial charge in [-0.2, -0.15) is 8.75 Å². The van der Waals surface area contributed by atoms with Crippen LogP contribution in [0, 0.1) is 6.92 Å². The van der Waals surface area contributed by atoms with E-state index in [-0.39, 0.29) is 6.04 Å². The van der Waals surface area contributed by atoms with Crippen LogP contribution < -0.4 is 11.3 Å². The maximum Gasteiger partial charge on any atom is 0.0970 e. The third-order valence-electron chi connectivity index (χ3n) is 1.92. The Morgan fingerprint density at radius 3 is 2.93 bits per heavy atom. The van der Waals surface area contributed by atoms with Gasteiger partial charge in [0.25, 0.3) is 0 Å². The average Bonchev–Trinajstić information content (AvgIpc) is 2.79. The minimum atomic E-state index is -0.0429. The Labute approximate surface area is 90.1 Å². The summed E-state index contributed by atoms with van der Waals surface area (Å²) < 4.78 is 8.13. The predicted octanol–water partition coefficient (Wildman–Crippen LogP) is 1.46. The highest BCUT2D eigenvalue weighted by atomic mass is 32.1. The first-order chi connectivity index (χ1) is 6.81. The fourth-order valence-electron chi connectivity index (χ4n) is 1.27. The molecule has 2 aromatic heterocycles. The lowest BCUT2D eigenvalue weighted by molar-refractivity contribution is 0.627. The topological polar surface area (TPSA) is 63.8 Å². The van der Waals surface area contributed by atoms with E-state index in [1.165, 1.54) is 16.6 Å². The van der Waals surface area contributed by atoms with Gasteiger partial charge >= 0.3 is 0 Å². The number of nitrogens with zero attached hydrogens (tertiary/aromatic N) is 2. The zero-order valence-corrected chi connectivity index (χ0v) is 9.23. The lowest BCUT2D eigenvalue weighted by Gasteiger charge is -2.10. The van der Waals surface area contributed by atoms with Gasteiger partial charge in [-0.05, 0) is 23.9 Å². The van der Waals surface area contributed by atoms with Gasteiger partial charge in [0.15, 0.2) is 0 Å². The van der Waals surface area contributed by atoms with Crippen LogP contribution in [0.2, 0.25) is 0 Å². The highest BCUT2D eigenvalue weighted by Gasteiger charge is 2.15. The smallest absolute Gasteiger partial charge is 0.0970 e. The van der Waals surface area contributed by atoms with Crippen LogP contribution >= 0.6 is 23.1 Å². The monoisotopic (exact) mass is 226 g/mol. The van der Waals surface area contributed by atoms with Gasteiger partial charge in [0.05, 0.1) is 29.7 Å². The van der Waals surface area contributed by atoms with E-state index in [0.717, 1.165) is 11.3 Å². The van der Waals surface area contributed by atoms with Gasteiger partial charge in [-0.25, -0.2) is 5.43 Å². The molecule has 0 saturated carbocycles. The van der Waals surface area contributed by atoms with Crippen molar-refractivity contribution in [2.45, 2.75) is 13.0 Å². The van der Waals surface area contributed by atoms with Crippen LogP contribution in [-0.4, -0.2) is 8.75 Å². The second-order valence-electron chi connectivity index (χ2n) is 2.92. The van der Waals surface area contributed by atoms with Crippen molar-refractivity contribution in [1.29, 1.82) is 0 Å². The highest BCUT2D eigenvalue weighted by Crippen LogP contribution is 2.24. The largest absolute Gasteiger partial charge is 0.271 e. The molecule has 0 bridgehead atoms. The molecule has 0 aromatic carbocycles. The maximum atomic E-state index is 5.50. The van der Waals surface area contributed by atoms with Crippen molar-refractivity contribution < 1.29 is 0 Å². The van der Waals surface area contributed by atoms with Gasteiger partial charge in [0.1, 0.15) is 0 Å². The van der Waals surface area contributed by atoms with Crippen molar-refractivity contribution >= 4 is 23.1 Å². The zero-order valence-electron chi connectivity index (χ0n) is 7.60. The molecule has 0 radical (unpaired) electrons. The molecule has 4 nitrogen and oxygen atoms in total. The molecule has 2 rings (SSSR count). The summed E-state index contributed by atoms with van der Waals surface area (Å²) in [7, 11) is 0. The van der Waals surface area contributed by atoms with Crippen LogP contribution in [0.4, 0.5) is 0 Å². The van der Waals surface area contributed by atoms with Gasteiger partial charge < -0.3 is 0 Å². The van der Waals surface area contributed by atoms with Gasteiger partial charge in [-0.1, -0.05) is 0 Å². The van der Waals surface area contributed by atoms with E-state index in [0.29, 0.717) is 0 Å². The van der Waals surface area contributed by atoms with Crippen LogP contribution in [0.3, 0.4) is 0 Å². The molecule has 0 aliphatic heterocycles. The van der Waals surface area contributed by atoms with E-state index in [2.05, 4.69) is 32.5 Å². The van der Waals surface area contributed by atoms with Crippen LogP contribution in [0.25, 0.3) is 0 Å². The van der Waals surface area contributed by atoms with Crippen LogP contribution in [-0.2, 0) is 0 Å². The molecular formula is C8H10N4S2. The molecule has 0 fully saturated rings. The van der Waals surface area contributed by atoms with E-state index in [1.54, 1.807) is 17.5 Å². The molecule has 1 unspecified atom stereocenters. The van der Waals surface area contributed by atoms with Crippen molar-refractivity contribution in [3.63, 3.8) is 0 Å². The molecule has 3 N–H and O–H groups in total. The van der Waals surface area contributed by atoms with Gasteiger partial charge in [-0.3, -0.25) is 5.84 Å². The van der Waals surface area contributed by atoms with E-state index < -0.39 is 0 Å². The van der Waals surface area contributed by atoms with Crippen molar-refractivity contribution in [2.75, 3.05) is 0 Å². The number of aryl methyl sites for hydroxylation is 1. The number of nitrogens with one attached hydrogen (secondary N) is 1. The molecule has 0 aliphatic carbocycles. The summed E-state index contributed by atoms with van der Waals surface area (Å²) in [6, 6.07) is 2.06. The first-order valence-corrected chi connectivity index (χ1v) is 5.71. The molecule has 6 heteroatoms. The second-order valence-corrected chi connectivity index (χ2v) is 4.59. The number of aromatic nitrogens is 2. The summed E-state index contributed by atoms with van der Waals surface area (Å²) in [5, 5.41) is 2.08. The predicted molar refractivity (Wildman–Crippen MR) is 58.1 cm³/mol. The Balaban J connectivity index is 2.31. The summed E-state index contributed by atoms with van der Waals surface area (Å²) >= 11 is 2.90. The molecule has 14 heavy (non-hydrogen) atoms. The molecule has 74 valence electrons. The van der Waals surface area contributed by atoms with E-state index >= 15 is 0 Å². The molecule has 0 aliphatic rings. The number of hydrogen-bond acceptors (Lipinski definition) is 6. The van der Waals surface area contributed by atoms with E-state index in [9.17, 15) is 0 Å². The minimum Gasteiger partial charge on any atom is -0.271 e. The molecule has 0 amide bonds. The Bertz CT molecular complexity index is 395. The fourth-order valence-corrected chi connectivity index (χ4v) is 2.45. The van der Waals surface area contributed by atoms with Crippen LogP contribution in [0.1, 0.15) is 22.2 Å². The SMILES string of the molecule is Cc1cc(C(NN)c2cnsn2)cs1. The van der Waals surface area contributed by atoms with E-state index in [1.807, 2.05) is 0 Å². The van der Waals surface area contributed by atoms with Crippen molar-refractivity contribution in [3.05, 3.63) is 33.8 Å². The highest BCUT2D eigenvalue weighted by molar-refractivity contribution is 7.10. The molecular weight excluding hydrogens is 216 g/mol. The second kappa shape index (κ2) is 4.14. The molecule has 0 spiro atoms. The number of rotatable bonds is 3. The van der Waals surface area contributed by atoms with E-state index in [4.69, 9.17) is 5.84 Å². The summed E-state index contributed by atoms with van der Waals surface area (Å²) in [5.41, 5.74) is 4.76. The summed E-state index contributed by atoms with van der Waals surface area (Å²) in [4.78, 5) is 1.27. The Hall–Kier alpha value is -0.820. The van der Waals surface area contributed by atoms with Gasteiger partial charge in [0, 0.05) is 4.88 Å². The standard InChI is InChI=1S/C8H10N4S2/c1-5-2-6(4-13-5)8(11-9)7-3-10-14-12-7/h2-4,8,11H,9H2,1H3. The quantitative estimate of drug-likeness (QED) is 0.614. The third-order valence-corrected chi connectivity index (χ3v) is 3.30. The Morgan fingerprint density at radius 2 is 2.43 bits per heavy atom. The van der Waals surface area contributed by atoms with Crippen LogP contribution in [0.5, 0.6) is 0 Å². The number of hydrazine groups is 1. The first kappa shape index (κ1) is 9.72. The van der Waals surface area contributed by atoms with Gasteiger partial charge in [0.2, 0.25) is 0 Å². The Morgan fingerprint density at radius 1 is 1.57 bits per heavy atom. The normalized spacial score (nSPS) is 13.0. The Kier molecular flexibility index (Phi) is 2.87. The average molecular weight is 226 g/mol. The third kappa shape index (κ3) is 1.83. The lowest BCUT2D eigenvalue weighted by Crippen LogP contribution is -2.28. The summed E-state index contributed by atoms with van der Waals surface area (Å²) in [6.07, 6.45) is 1.74. The zero-order chi connectivity index (χ0) is 9.97. The van der Waals surface area contributed by atoms with Crippen molar-refractivity contribution in [1.82, 2.24) is 14.2 Å². The fraction of sp³-hybridized carbons (Fsp3) is 0.250. The molecule has 2 heterocycles. The number of hydrogen-bond donors (Lipinski definition) is 2. The molecule has 1 atom stereocenters. The van der Waals surface area contributed by atoms with Crippen molar-refractivity contribution in [3.8, 4) is 0 Å². The molecule has 2 aromatic rings. The van der Waals surface area contributed by atoms with Gasteiger partial charge in [-0.15, -0.1) is 11.3 Å².